The molecule has 5 atom stereocenters. The predicted octanol–water partition coefficient (Wildman–Crippen LogP) is 2.54. The molecular formula is C13H18O2. The van der Waals surface area contributed by atoms with Crippen LogP contribution in [0.15, 0.2) is 12.2 Å². The highest BCUT2D eigenvalue weighted by atomic mass is 16.5. The minimum absolute atomic E-state index is 0.190. The normalized spacial score (nSPS) is 49.2. The Morgan fingerprint density at radius 1 is 1.60 bits per heavy atom. The highest BCUT2D eigenvalue weighted by Gasteiger charge is 2.78. The van der Waals surface area contributed by atoms with Crippen molar-refractivity contribution >= 4 is 5.97 Å². The maximum Gasteiger partial charge on any atom is 0.333 e. The Kier molecular flexibility index (Phi) is 1.67. The predicted molar refractivity (Wildman–Crippen MR) is 57.1 cm³/mol. The minimum Gasteiger partial charge on any atom is -0.458 e. The summed E-state index contributed by atoms with van der Waals surface area (Å²) in [5.74, 6) is 2.03. The lowest BCUT2D eigenvalue weighted by Crippen LogP contribution is -2.22. The molecule has 2 heteroatoms. The molecule has 0 amide bonds. The van der Waals surface area contributed by atoms with Gasteiger partial charge in [-0.1, -0.05) is 13.5 Å². The van der Waals surface area contributed by atoms with Gasteiger partial charge in [0.1, 0.15) is 6.10 Å². The van der Waals surface area contributed by atoms with Gasteiger partial charge in [-0.3, -0.25) is 0 Å². The SMILES string of the molecule is C=C(C)C(=O)OC1C2CC3C1C3(CC)C2. The molecule has 0 radical (unpaired) electrons. The van der Waals surface area contributed by atoms with Gasteiger partial charge >= 0.3 is 5.97 Å². The summed E-state index contributed by atoms with van der Waals surface area (Å²) in [5.41, 5.74) is 1.10. The van der Waals surface area contributed by atoms with Crippen LogP contribution in [0.4, 0.5) is 0 Å². The van der Waals surface area contributed by atoms with Crippen LogP contribution < -0.4 is 0 Å². The van der Waals surface area contributed by atoms with Gasteiger partial charge in [-0.15, -0.1) is 0 Å². The maximum atomic E-state index is 11.5. The van der Waals surface area contributed by atoms with Gasteiger partial charge in [-0.2, -0.15) is 0 Å². The first-order chi connectivity index (χ1) is 7.10. The van der Waals surface area contributed by atoms with E-state index in [1.807, 2.05) is 0 Å². The summed E-state index contributed by atoms with van der Waals surface area (Å²) in [4.78, 5) is 11.5. The third kappa shape index (κ3) is 0.977. The zero-order chi connectivity index (χ0) is 10.8. The number of esters is 1. The number of rotatable bonds is 3. The summed E-state index contributed by atoms with van der Waals surface area (Å²) in [7, 11) is 0. The van der Waals surface area contributed by atoms with E-state index < -0.39 is 0 Å². The number of hydrogen-bond acceptors (Lipinski definition) is 2. The van der Waals surface area contributed by atoms with Gasteiger partial charge in [0.05, 0.1) is 0 Å². The molecule has 0 aromatic heterocycles. The van der Waals surface area contributed by atoms with E-state index in [4.69, 9.17) is 4.74 Å². The molecule has 82 valence electrons. The Hall–Kier alpha value is -0.790. The first-order valence-corrected chi connectivity index (χ1v) is 5.96. The summed E-state index contributed by atoms with van der Waals surface area (Å²) >= 11 is 0. The van der Waals surface area contributed by atoms with Gasteiger partial charge in [-0.05, 0) is 43.4 Å². The zero-order valence-corrected chi connectivity index (χ0v) is 9.45. The Bertz CT molecular complexity index is 346. The molecule has 4 fully saturated rings. The van der Waals surface area contributed by atoms with Crippen LogP contribution in [0.3, 0.4) is 0 Å². The second kappa shape index (κ2) is 2.66. The fourth-order valence-electron chi connectivity index (χ4n) is 4.31. The van der Waals surface area contributed by atoms with Crippen LogP contribution in [-0.2, 0) is 9.53 Å². The Balaban J connectivity index is 1.72. The van der Waals surface area contributed by atoms with Crippen LogP contribution in [0, 0.1) is 23.2 Å². The Morgan fingerprint density at radius 3 is 2.80 bits per heavy atom. The van der Waals surface area contributed by atoms with E-state index in [2.05, 4.69) is 13.5 Å². The fraction of sp³-hybridized carbons (Fsp3) is 0.769. The van der Waals surface area contributed by atoms with Gasteiger partial charge in [0.2, 0.25) is 0 Å². The van der Waals surface area contributed by atoms with E-state index in [1.54, 1.807) is 6.92 Å². The number of hydrogen-bond donors (Lipinski definition) is 0. The first-order valence-electron chi connectivity index (χ1n) is 5.96. The van der Waals surface area contributed by atoms with E-state index in [9.17, 15) is 4.79 Å². The second-order valence-electron chi connectivity index (χ2n) is 5.57. The van der Waals surface area contributed by atoms with Crippen molar-refractivity contribution in [2.45, 2.75) is 39.2 Å². The summed E-state index contributed by atoms with van der Waals surface area (Å²) < 4.78 is 5.57. The molecule has 0 aromatic rings. The highest BCUT2D eigenvalue weighted by molar-refractivity contribution is 5.87. The van der Waals surface area contributed by atoms with Crippen LogP contribution in [0.2, 0.25) is 0 Å². The summed E-state index contributed by atoms with van der Waals surface area (Å²) in [5, 5.41) is 0. The Labute approximate surface area is 90.7 Å². The van der Waals surface area contributed by atoms with Crippen LogP contribution in [0.1, 0.15) is 33.1 Å². The lowest BCUT2D eigenvalue weighted by atomic mass is 10.0. The molecule has 15 heavy (non-hydrogen) atoms. The quantitative estimate of drug-likeness (QED) is 0.524. The molecule has 2 nitrogen and oxygen atoms in total. The van der Waals surface area contributed by atoms with Crippen molar-refractivity contribution in [3.05, 3.63) is 12.2 Å². The van der Waals surface area contributed by atoms with Gasteiger partial charge < -0.3 is 4.74 Å². The fourth-order valence-corrected chi connectivity index (χ4v) is 4.31. The molecule has 0 aromatic carbocycles. The van der Waals surface area contributed by atoms with E-state index in [1.165, 1.54) is 19.3 Å². The van der Waals surface area contributed by atoms with E-state index in [-0.39, 0.29) is 12.1 Å². The van der Waals surface area contributed by atoms with Crippen LogP contribution in [-0.4, -0.2) is 12.1 Å². The lowest BCUT2D eigenvalue weighted by molar-refractivity contribution is -0.146. The zero-order valence-electron chi connectivity index (χ0n) is 9.45. The maximum absolute atomic E-state index is 11.5. The standard InChI is InChI=1S/C13H18O2/c1-4-13-6-8-5-9(13)10(13)11(8)15-12(14)7(2)3/h8-11H,2,4-6H2,1,3H3. The average molecular weight is 206 g/mol. The lowest BCUT2D eigenvalue weighted by Gasteiger charge is -2.15. The molecule has 4 rings (SSSR count). The van der Waals surface area contributed by atoms with Crippen LogP contribution in [0.25, 0.3) is 0 Å². The largest absolute Gasteiger partial charge is 0.458 e. The first kappa shape index (κ1) is 9.44. The third-order valence-corrected chi connectivity index (χ3v) is 4.99. The Morgan fingerprint density at radius 2 is 2.33 bits per heavy atom. The van der Waals surface area contributed by atoms with Crippen molar-refractivity contribution in [1.29, 1.82) is 0 Å². The monoisotopic (exact) mass is 206 g/mol. The molecule has 0 spiro atoms. The molecule has 0 saturated heterocycles. The molecule has 4 aliphatic carbocycles. The molecule has 0 heterocycles. The molecular weight excluding hydrogens is 188 g/mol. The van der Waals surface area contributed by atoms with Crippen molar-refractivity contribution in [2.24, 2.45) is 23.2 Å². The van der Waals surface area contributed by atoms with E-state index in [0.717, 1.165) is 5.92 Å². The van der Waals surface area contributed by atoms with Gasteiger partial charge in [0.25, 0.3) is 0 Å². The van der Waals surface area contributed by atoms with Crippen molar-refractivity contribution in [3.63, 3.8) is 0 Å². The van der Waals surface area contributed by atoms with Crippen molar-refractivity contribution in [1.82, 2.24) is 0 Å². The number of ether oxygens (including phenoxy) is 1. The van der Waals surface area contributed by atoms with Crippen molar-refractivity contribution < 1.29 is 9.53 Å². The van der Waals surface area contributed by atoms with Gasteiger partial charge in [0, 0.05) is 11.5 Å². The molecule has 0 N–H and O–H groups in total. The van der Waals surface area contributed by atoms with Gasteiger partial charge in [0.15, 0.2) is 0 Å². The third-order valence-electron chi connectivity index (χ3n) is 4.99. The van der Waals surface area contributed by atoms with E-state index >= 15 is 0 Å². The summed E-state index contributed by atoms with van der Waals surface area (Å²) in [6.45, 7) is 7.64. The number of carbonyl (C=O) groups is 1. The summed E-state index contributed by atoms with van der Waals surface area (Å²) in [6.07, 6.45) is 4.08. The van der Waals surface area contributed by atoms with E-state index in [0.29, 0.717) is 22.8 Å². The summed E-state index contributed by atoms with van der Waals surface area (Å²) in [6, 6.07) is 0. The van der Waals surface area contributed by atoms with Crippen molar-refractivity contribution in [3.8, 4) is 0 Å². The second-order valence-corrected chi connectivity index (χ2v) is 5.57. The molecule has 5 unspecified atom stereocenters. The molecule has 4 bridgehead atoms. The van der Waals surface area contributed by atoms with Crippen molar-refractivity contribution in [2.75, 3.05) is 0 Å². The van der Waals surface area contributed by atoms with Crippen LogP contribution in [0.5, 0.6) is 0 Å². The average Bonchev–Trinajstić information content (AvgIpc) is 2.60. The molecule has 0 aliphatic heterocycles. The smallest absolute Gasteiger partial charge is 0.333 e. The van der Waals surface area contributed by atoms with Gasteiger partial charge in [-0.25, -0.2) is 4.79 Å². The number of carbonyl (C=O) groups excluding carboxylic acids is 1. The molecule has 4 aliphatic rings. The highest BCUT2D eigenvalue weighted by Crippen LogP contribution is 2.80. The topological polar surface area (TPSA) is 26.3 Å². The minimum atomic E-state index is -0.190. The van der Waals surface area contributed by atoms with Crippen LogP contribution >= 0.6 is 0 Å². The molecule has 4 saturated carbocycles.